The van der Waals surface area contributed by atoms with Gasteiger partial charge in [-0.25, -0.2) is 19.9 Å². The molecule has 3 aliphatic rings. The van der Waals surface area contributed by atoms with Crippen molar-refractivity contribution in [2.45, 2.75) is 51.4 Å². The van der Waals surface area contributed by atoms with E-state index in [1.54, 1.807) is 12.4 Å². The summed E-state index contributed by atoms with van der Waals surface area (Å²) in [5.74, 6) is 3.76. The van der Waals surface area contributed by atoms with Crippen LogP contribution in [0, 0.1) is 11.8 Å². The summed E-state index contributed by atoms with van der Waals surface area (Å²) in [4.78, 5) is 22.6. The first-order valence-electron chi connectivity index (χ1n) is 10.2. The predicted octanol–water partition coefficient (Wildman–Crippen LogP) is 2.31. The normalized spacial score (nSPS) is 26.9. The maximum Gasteiger partial charge on any atom is 0.246 e. The van der Waals surface area contributed by atoms with E-state index >= 15 is 0 Å². The molecule has 29 heavy (non-hydrogen) atoms. The van der Waals surface area contributed by atoms with Crippen molar-refractivity contribution < 1.29 is 9.47 Å². The third-order valence-corrected chi connectivity index (χ3v) is 6.29. The Hall–Kier alpha value is -2.81. The highest BCUT2D eigenvalue weighted by atomic mass is 16.5. The van der Waals surface area contributed by atoms with E-state index in [-0.39, 0.29) is 12.1 Å². The first-order valence-corrected chi connectivity index (χ1v) is 10.2. The summed E-state index contributed by atoms with van der Waals surface area (Å²) in [6.07, 6.45) is 7.00. The van der Waals surface area contributed by atoms with Gasteiger partial charge in [0.25, 0.3) is 0 Å². The van der Waals surface area contributed by atoms with E-state index in [4.69, 9.17) is 30.2 Å². The van der Waals surface area contributed by atoms with Crippen LogP contribution in [-0.4, -0.2) is 42.2 Å². The monoisotopic (exact) mass is 393 g/mol. The molecule has 0 bridgehead atoms. The number of aromatic nitrogens is 6. The van der Waals surface area contributed by atoms with Gasteiger partial charge in [-0.1, -0.05) is 0 Å². The molecule has 1 aliphatic heterocycles. The smallest absolute Gasteiger partial charge is 0.246 e. The second-order valence-electron chi connectivity index (χ2n) is 8.77. The van der Waals surface area contributed by atoms with Crippen LogP contribution in [0.2, 0.25) is 0 Å². The molecule has 4 heterocycles. The zero-order valence-corrected chi connectivity index (χ0v) is 16.5. The number of rotatable bonds is 3. The van der Waals surface area contributed by atoms with Crippen molar-refractivity contribution in [2.75, 3.05) is 12.3 Å². The van der Waals surface area contributed by atoms with E-state index in [1.165, 1.54) is 6.42 Å². The van der Waals surface area contributed by atoms with Gasteiger partial charge in [0, 0.05) is 18.9 Å². The van der Waals surface area contributed by atoms with Crippen LogP contribution < -0.4 is 10.5 Å². The van der Waals surface area contributed by atoms with Gasteiger partial charge >= 0.3 is 0 Å². The second-order valence-corrected chi connectivity index (χ2v) is 8.77. The molecule has 0 amide bonds. The van der Waals surface area contributed by atoms with Crippen LogP contribution in [0.4, 0.5) is 5.95 Å². The molecule has 0 spiro atoms. The summed E-state index contributed by atoms with van der Waals surface area (Å²) < 4.78 is 14.4. The molecule has 150 valence electrons. The summed E-state index contributed by atoms with van der Waals surface area (Å²) in [5, 5.41) is 0. The fourth-order valence-corrected chi connectivity index (χ4v) is 4.68. The Kier molecular flexibility index (Phi) is 3.45. The molecular formula is C20H23N7O2. The van der Waals surface area contributed by atoms with Crippen LogP contribution in [0.3, 0.4) is 0 Å². The van der Waals surface area contributed by atoms with Gasteiger partial charge in [0.2, 0.25) is 11.8 Å². The minimum atomic E-state index is -0.490. The van der Waals surface area contributed by atoms with Gasteiger partial charge in [-0.05, 0) is 44.9 Å². The molecule has 3 aromatic rings. The van der Waals surface area contributed by atoms with Crippen LogP contribution in [-0.2, 0) is 16.9 Å². The predicted molar refractivity (Wildman–Crippen MR) is 105 cm³/mol. The number of nitrogens with zero attached hydrogens (tertiary/aromatic N) is 6. The van der Waals surface area contributed by atoms with Gasteiger partial charge in [-0.3, -0.25) is 0 Å². The van der Waals surface area contributed by atoms with Crippen molar-refractivity contribution in [1.82, 2.24) is 29.5 Å². The lowest BCUT2D eigenvalue weighted by molar-refractivity contribution is -0.0530. The SMILES string of the molecule is CC1(C)OCCn2c1nc1c(OC3CC4CC4C3)nc(-c3cnc(N)nc3)nc12. The van der Waals surface area contributed by atoms with Crippen molar-refractivity contribution in [3.8, 4) is 17.3 Å². The zero-order valence-electron chi connectivity index (χ0n) is 16.5. The van der Waals surface area contributed by atoms with E-state index in [2.05, 4.69) is 14.5 Å². The highest BCUT2D eigenvalue weighted by molar-refractivity contribution is 5.80. The van der Waals surface area contributed by atoms with Gasteiger partial charge in [0.15, 0.2) is 17.0 Å². The van der Waals surface area contributed by atoms with Gasteiger partial charge in [0.05, 0.1) is 12.2 Å². The summed E-state index contributed by atoms with van der Waals surface area (Å²) in [6, 6.07) is 0. The van der Waals surface area contributed by atoms with E-state index < -0.39 is 5.60 Å². The minimum absolute atomic E-state index is 0.190. The lowest BCUT2D eigenvalue weighted by atomic mass is 10.1. The van der Waals surface area contributed by atoms with E-state index in [1.807, 2.05) is 13.8 Å². The molecule has 2 unspecified atom stereocenters. The maximum atomic E-state index is 6.39. The molecule has 2 saturated carbocycles. The maximum absolute atomic E-state index is 6.39. The molecule has 9 heteroatoms. The van der Waals surface area contributed by atoms with Gasteiger partial charge in [0.1, 0.15) is 17.5 Å². The van der Waals surface area contributed by atoms with Gasteiger partial charge in [-0.2, -0.15) is 4.98 Å². The van der Waals surface area contributed by atoms with Crippen LogP contribution in [0.25, 0.3) is 22.6 Å². The van der Waals surface area contributed by atoms with Gasteiger partial charge < -0.3 is 19.8 Å². The molecule has 0 aromatic carbocycles. The third kappa shape index (κ3) is 2.75. The Bertz CT molecular complexity index is 1100. The Labute approximate surface area is 167 Å². The highest BCUT2D eigenvalue weighted by Gasteiger charge is 2.47. The molecular weight excluding hydrogens is 370 g/mol. The summed E-state index contributed by atoms with van der Waals surface area (Å²) >= 11 is 0. The van der Waals surface area contributed by atoms with Gasteiger partial charge in [-0.15, -0.1) is 0 Å². The van der Waals surface area contributed by atoms with Crippen LogP contribution in [0.15, 0.2) is 12.4 Å². The first kappa shape index (κ1) is 17.1. The Balaban J connectivity index is 1.51. The standard InChI is InChI=1S/C20H23N7O2/c1-20(2)18-24-14-16(27(18)3-4-28-20)25-15(12-8-22-19(21)23-9-12)26-17(14)29-13-6-10-5-11(10)7-13/h8-11,13H,3-7H2,1-2H3,(H2,21,22,23). The number of ether oxygens (including phenoxy) is 2. The quantitative estimate of drug-likeness (QED) is 0.721. The summed E-state index contributed by atoms with van der Waals surface area (Å²) in [6.45, 7) is 5.35. The average molecular weight is 393 g/mol. The summed E-state index contributed by atoms with van der Waals surface area (Å²) in [7, 11) is 0. The Morgan fingerprint density at radius 3 is 2.62 bits per heavy atom. The van der Waals surface area contributed by atoms with Crippen molar-refractivity contribution >= 4 is 17.1 Å². The molecule has 2 fully saturated rings. The van der Waals surface area contributed by atoms with Crippen LogP contribution >= 0.6 is 0 Å². The number of hydrogen-bond donors (Lipinski definition) is 1. The molecule has 2 N–H and O–H groups in total. The Morgan fingerprint density at radius 2 is 1.86 bits per heavy atom. The lowest BCUT2D eigenvalue weighted by Gasteiger charge is -2.30. The number of nitrogen functional groups attached to an aromatic ring is 1. The number of fused-ring (bicyclic) bond motifs is 4. The van der Waals surface area contributed by atoms with E-state index in [9.17, 15) is 0 Å². The van der Waals surface area contributed by atoms with Crippen molar-refractivity contribution in [3.63, 3.8) is 0 Å². The molecule has 6 rings (SSSR count). The molecule has 2 aliphatic carbocycles. The molecule has 2 atom stereocenters. The lowest BCUT2D eigenvalue weighted by Crippen LogP contribution is -2.33. The zero-order chi connectivity index (χ0) is 19.8. The first-order chi connectivity index (χ1) is 14.0. The van der Waals surface area contributed by atoms with Crippen molar-refractivity contribution in [3.05, 3.63) is 18.2 Å². The van der Waals surface area contributed by atoms with Crippen molar-refractivity contribution in [1.29, 1.82) is 0 Å². The molecule has 3 aromatic heterocycles. The number of hydrogen-bond acceptors (Lipinski definition) is 8. The number of anilines is 1. The van der Waals surface area contributed by atoms with Crippen LogP contribution in [0.1, 0.15) is 38.9 Å². The fourth-order valence-electron chi connectivity index (χ4n) is 4.68. The number of imidazole rings is 1. The topological polar surface area (TPSA) is 114 Å². The fraction of sp³-hybridized carbons (Fsp3) is 0.550. The van der Waals surface area contributed by atoms with E-state index in [0.717, 1.165) is 36.1 Å². The van der Waals surface area contributed by atoms with Crippen molar-refractivity contribution in [2.24, 2.45) is 11.8 Å². The third-order valence-electron chi connectivity index (χ3n) is 6.29. The second kappa shape index (κ2) is 5.85. The molecule has 9 nitrogen and oxygen atoms in total. The van der Waals surface area contributed by atoms with E-state index in [0.29, 0.717) is 35.9 Å². The largest absolute Gasteiger partial charge is 0.473 e. The molecule has 0 radical (unpaired) electrons. The number of nitrogens with two attached hydrogens (primary N) is 1. The minimum Gasteiger partial charge on any atom is -0.473 e. The van der Waals surface area contributed by atoms with Crippen LogP contribution in [0.5, 0.6) is 5.88 Å². The average Bonchev–Trinajstić information content (AvgIpc) is 3.11. The molecule has 0 saturated heterocycles. The highest BCUT2D eigenvalue weighted by Crippen LogP contribution is 2.52. The Morgan fingerprint density at radius 1 is 1.10 bits per heavy atom. The summed E-state index contributed by atoms with van der Waals surface area (Å²) in [5.41, 5.74) is 7.30.